The van der Waals surface area contributed by atoms with Crippen molar-refractivity contribution in [1.29, 1.82) is 0 Å². The number of benzene rings is 1. The highest BCUT2D eigenvalue weighted by atomic mass is 79.9. The minimum absolute atomic E-state index is 0.0784. The molecule has 20 heavy (non-hydrogen) atoms. The lowest BCUT2D eigenvalue weighted by molar-refractivity contribution is -0.136. The van der Waals surface area contributed by atoms with Crippen LogP contribution in [0.3, 0.4) is 0 Å². The molecule has 1 heterocycles. The molecule has 1 saturated heterocycles. The van der Waals surface area contributed by atoms with Gasteiger partial charge >= 0.3 is 6.03 Å². The molecule has 1 aromatic rings. The second-order valence-electron chi connectivity index (χ2n) is 4.68. The summed E-state index contributed by atoms with van der Waals surface area (Å²) in [6.45, 7) is 0. The van der Waals surface area contributed by atoms with Gasteiger partial charge in [0.1, 0.15) is 5.41 Å². The van der Waals surface area contributed by atoms with E-state index in [0.717, 1.165) is 4.90 Å². The van der Waals surface area contributed by atoms with Crippen molar-refractivity contribution in [3.63, 3.8) is 0 Å². The number of hydrogen-bond donors (Lipinski definition) is 1. The minimum Gasteiger partial charge on any atom is -0.276 e. The lowest BCUT2D eigenvalue weighted by atomic mass is 10.0. The van der Waals surface area contributed by atoms with E-state index in [4.69, 9.17) is 23.2 Å². The summed E-state index contributed by atoms with van der Waals surface area (Å²) in [5, 5.41) is 2.47. The zero-order chi connectivity index (χ0) is 14.7. The molecule has 1 aliphatic heterocycles. The molecular formula is C12H7BrCl2N2O3. The van der Waals surface area contributed by atoms with E-state index >= 15 is 0 Å². The van der Waals surface area contributed by atoms with Gasteiger partial charge in [0.05, 0.1) is 15.7 Å². The predicted molar refractivity (Wildman–Crippen MR) is 76.9 cm³/mol. The molecule has 0 aromatic heterocycles. The number of nitrogens with zero attached hydrogens (tertiary/aromatic N) is 1. The zero-order valence-electron chi connectivity index (χ0n) is 9.87. The maximum Gasteiger partial charge on any atom is 0.335 e. The van der Waals surface area contributed by atoms with Gasteiger partial charge in [-0.1, -0.05) is 23.2 Å². The van der Waals surface area contributed by atoms with Crippen molar-refractivity contribution in [3.8, 4) is 0 Å². The zero-order valence-corrected chi connectivity index (χ0v) is 13.0. The van der Waals surface area contributed by atoms with Crippen molar-refractivity contribution < 1.29 is 14.4 Å². The van der Waals surface area contributed by atoms with Gasteiger partial charge in [-0.3, -0.25) is 14.9 Å². The Morgan fingerprint density at radius 2 is 1.80 bits per heavy atom. The van der Waals surface area contributed by atoms with E-state index in [1.807, 2.05) is 0 Å². The third-order valence-corrected chi connectivity index (χ3v) is 5.24. The second kappa shape index (κ2) is 4.44. The molecule has 1 N–H and O–H groups in total. The van der Waals surface area contributed by atoms with Crippen LogP contribution >= 0.6 is 39.1 Å². The quantitative estimate of drug-likeness (QED) is 0.604. The van der Waals surface area contributed by atoms with E-state index in [0.29, 0.717) is 17.3 Å². The highest BCUT2D eigenvalue weighted by Crippen LogP contribution is 2.50. The summed E-state index contributed by atoms with van der Waals surface area (Å²) >= 11 is 15.3. The molecule has 8 heteroatoms. The van der Waals surface area contributed by atoms with Crippen molar-refractivity contribution >= 4 is 62.7 Å². The molecule has 5 nitrogen and oxygen atoms in total. The lowest BCUT2D eigenvalue weighted by Crippen LogP contribution is -2.59. The molecule has 1 aliphatic carbocycles. The predicted octanol–water partition coefficient (Wildman–Crippen LogP) is 3.12. The van der Waals surface area contributed by atoms with Crippen molar-refractivity contribution in [1.82, 2.24) is 5.32 Å². The highest BCUT2D eigenvalue weighted by molar-refractivity contribution is 9.10. The van der Waals surface area contributed by atoms with Crippen molar-refractivity contribution in [2.45, 2.75) is 12.8 Å². The van der Waals surface area contributed by atoms with E-state index in [-0.39, 0.29) is 15.7 Å². The van der Waals surface area contributed by atoms with E-state index in [1.54, 1.807) is 6.07 Å². The Bertz CT molecular complexity index is 673. The Morgan fingerprint density at radius 3 is 2.40 bits per heavy atom. The van der Waals surface area contributed by atoms with Crippen LogP contribution in [-0.4, -0.2) is 17.8 Å². The number of imide groups is 2. The Morgan fingerprint density at radius 1 is 1.15 bits per heavy atom. The molecule has 1 saturated carbocycles. The molecule has 0 unspecified atom stereocenters. The average Bonchev–Trinajstić information content (AvgIpc) is 3.18. The Balaban J connectivity index is 2.10. The fourth-order valence-corrected chi connectivity index (χ4v) is 3.00. The van der Waals surface area contributed by atoms with Crippen LogP contribution in [0.1, 0.15) is 12.8 Å². The monoisotopic (exact) mass is 376 g/mol. The third-order valence-electron chi connectivity index (χ3n) is 3.48. The molecule has 4 amide bonds. The molecule has 0 bridgehead atoms. The highest BCUT2D eigenvalue weighted by Gasteiger charge is 2.62. The Hall–Kier alpha value is -1.11. The van der Waals surface area contributed by atoms with Gasteiger partial charge in [-0.15, -0.1) is 0 Å². The van der Waals surface area contributed by atoms with Gasteiger partial charge in [-0.2, -0.15) is 0 Å². The number of carbonyl (C=O) groups is 3. The van der Waals surface area contributed by atoms with Gasteiger partial charge < -0.3 is 0 Å². The lowest BCUT2D eigenvalue weighted by Gasteiger charge is -2.30. The van der Waals surface area contributed by atoms with Crippen LogP contribution in [0.15, 0.2) is 16.6 Å². The van der Waals surface area contributed by atoms with Gasteiger partial charge in [0.2, 0.25) is 5.91 Å². The van der Waals surface area contributed by atoms with E-state index in [2.05, 4.69) is 21.2 Å². The van der Waals surface area contributed by atoms with E-state index in [9.17, 15) is 14.4 Å². The van der Waals surface area contributed by atoms with Crippen LogP contribution in [0.4, 0.5) is 10.5 Å². The number of rotatable bonds is 1. The molecule has 2 aliphatic rings. The molecular weight excluding hydrogens is 371 g/mol. The summed E-state index contributed by atoms with van der Waals surface area (Å²) in [7, 11) is 0. The number of nitrogens with one attached hydrogen (secondary N) is 1. The standard InChI is InChI=1S/C12H7BrCl2N2O3/c13-5-1-2-6(8(15)7(5)14)17-10(19)12(3-4-12)9(18)16-11(17)20/h1-2H,3-4H2,(H,16,18,20). The second-order valence-corrected chi connectivity index (χ2v) is 6.29. The van der Waals surface area contributed by atoms with Gasteiger partial charge in [0.25, 0.3) is 5.91 Å². The number of hydrogen-bond acceptors (Lipinski definition) is 3. The van der Waals surface area contributed by atoms with E-state index in [1.165, 1.54) is 6.07 Å². The first-order valence-corrected chi connectivity index (χ1v) is 7.27. The van der Waals surface area contributed by atoms with Gasteiger partial charge in [-0.25, -0.2) is 9.69 Å². The van der Waals surface area contributed by atoms with Crippen LogP contribution in [0.5, 0.6) is 0 Å². The fourth-order valence-electron chi connectivity index (χ4n) is 2.15. The molecule has 0 atom stereocenters. The largest absolute Gasteiger partial charge is 0.335 e. The number of urea groups is 1. The Kier molecular flexibility index (Phi) is 3.08. The first-order valence-electron chi connectivity index (χ1n) is 5.72. The van der Waals surface area contributed by atoms with Crippen molar-refractivity contribution in [2.75, 3.05) is 4.90 Å². The van der Waals surface area contributed by atoms with E-state index < -0.39 is 23.3 Å². The Labute approximate surface area is 132 Å². The first kappa shape index (κ1) is 13.9. The minimum atomic E-state index is -1.11. The van der Waals surface area contributed by atoms with Crippen molar-refractivity contribution in [2.24, 2.45) is 5.41 Å². The number of halogens is 3. The maximum absolute atomic E-state index is 12.4. The summed E-state index contributed by atoms with van der Waals surface area (Å²) < 4.78 is 0.551. The number of anilines is 1. The summed E-state index contributed by atoms with van der Waals surface area (Å²) in [5.74, 6) is -1.09. The topological polar surface area (TPSA) is 66.5 Å². The van der Waals surface area contributed by atoms with Gasteiger partial charge in [0, 0.05) is 4.47 Å². The van der Waals surface area contributed by atoms with Crippen LogP contribution in [0, 0.1) is 5.41 Å². The number of barbiturate groups is 1. The van der Waals surface area contributed by atoms with Gasteiger partial charge in [-0.05, 0) is 40.9 Å². The molecule has 104 valence electrons. The summed E-state index contributed by atoms with van der Waals surface area (Å²) in [6.07, 6.45) is 0.868. The first-order chi connectivity index (χ1) is 9.38. The molecule has 2 fully saturated rings. The van der Waals surface area contributed by atoms with Crippen LogP contribution in [-0.2, 0) is 9.59 Å². The molecule has 1 aromatic carbocycles. The summed E-state index contributed by atoms with van der Waals surface area (Å²) in [6, 6.07) is 2.28. The maximum atomic E-state index is 12.4. The molecule has 3 rings (SSSR count). The summed E-state index contributed by atoms with van der Waals surface area (Å²) in [5.41, 5.74) is -0.947. The molecule has 0 radical (unpaired) electrons. The summed E-state index contributed by atoms with van der Waals surface area (Å²) in [4.78, 5) is 37.0. The molecule has 1 spiro atoms. The van der Waals surface area contributed by atoms with Crippen LogP contribution in [0.2, 0.25) is 10.0 Å². The normalized spacial score (nSPS) is 20.4. The van der Waals surface area contributed by atoms with Gasteiger partial charge in [0.15, 0.2) is 0 Å². The number of amides is 4. The SMILES string of the molecule is O=C1NC(=O)C2(CC2)C(=O)N1c1ccc(Br)c(Cl)c1Cl. The van der Waals surface area contributed by atoms with Crippen LogP contribution < -0.4 is 10.2 Å². The van der Waals surface area contributed by atoms with Crippen LogP contribution in [0.25, 0.3) is 0 Å². The van der Waals surface area contributed by atoms with Crippen molar-refractivity contribution in [3.05, 3.63) is 26.7 Å². The fraction of sp³-hybridized carbons (Fsp3) is 0.250. The number of carbonyl (C=O) groups excluding carboxylic acids is 3. The average molecular weight is 378 g/mol. The smallest absolute Gasteiger partial charge is 0.276 e. The third kappa shape index (κ3) is 1.78.